The first kappa shape index (κ1) is 11.7. The minimum atomic E-state index is -0.521. The Kier molecular flexibility index (Phi) is 2.27. The van der Waals surface area contributed by atoms with Crippen LogP contribution in [0.25, 0.3) is 0 Å². The highest BCUT2D eigenvalue weighted by molar-refractivity contribution is 5.69. The van der Waals surface area contributed by atoms with Gasteiger partial charge in [0.25, 0.3) is 0 Å². The van der Waals surface area contributed by atoms with Gasteiger partial charge < -0.3 is 9.84 Å². The molecule has 0 aliphatic heterocycles. The summed E-state index contributed by atoms with van der Waals surface area (Å²) in [5.74, 6) is 5.79. The number of ether oxygens (including phenoxy) is 1. The molecule has 0 spiro atoms. The number of hydrogen-bond acceptors (Lipinski definition) is 4. The van der Waals surface area contributed by atoms with Crippen molar-refractivity contribution in [1.29, 1.82) is 0 Å². The molecule has 0 unspecified atom stereocenters. The number of carbonyl (C=O) groups is 1. The highest BCUT2D eigenvalue weighted by Gasteiger charge is 2.71. The van der Waals surface area contributed by atoms with E-state index in [2.05, 4.69) is 0 Å². The minimum Gasteiger partial charge on any atom is -0.443 e. The average Bonchev–Trinajstić information content (AvgIpc) is 1.96. The molecule has 0 heterocycles. The fourth-order valence-electron chi connectivity index (χ4n) is 2.87. The van der Waals surface area contributed by atoms with Gasteiger partial charge in [-0.2, -0.15) is 0 Å². The van der Waals surface area contributed by atoms with Gasteiger partial charge in [0.2, 0.25) is 0 Å². The Morgan fingerprint density at radius 1 is 1.44 bits per heavy atom. The van der Waals surface area contributed by atoms with Crippen LogP contribution in [-0.2, 0) is 4.74 Å². The van der Waals surface area contributed by atoms with Crippen molar-refractivity contribution in [3.05, 3.63) is 0 Å². The van der Waals surface area contributed by atoms with E-state index >= 15 is 0 Å². The molecule has 5 heteroatoms. The van der Waals surface area contributed by atoms with Crippen LogP contribution >= 0.6 is 0 Å². The number of nitrogens with zero attached hydrogens (tertiary/aromatic N) is 1. The van der Waals surface area contributed by atoms with Crippen LogP contribution in [0.1, 0.15) is 40.0 Å². The lowest BCUT2D eigenvalue weighted by Gasteiger charge is -2.71. The average molecular weight is 228 g/mol. The fraction of sp³-hybridized carbons (Fsp3) is 0.909. The predicted octanol–water partition coefficient (Wildman–Crippen LogP) is 1.01. The SMILES string of the molecule is CC(C)(C)OC(=O)N(N)C12CC(CO)(C1)C2. The van der Waals surface area contributed by atoms with Gasteiger partial charge in [0, 0.05) is 12.0 Å². The van der Waals surface area contributed by atoms with Crippen molar-refractivity contribution in [3.8, 4) is 0 Å². The fourth-order valence-corrected chi connectivity index (χ4v) is 2.87. The summed E-state index contributed by atoms with van der Waals surface area (Å²) >= 11 is 0. The van der Waals surface area contributed by atoms with Crippen LogP contribution in [0.3, 0.4) is 0 Å². The van der Waals surface area contributed by atoms with Crippen LogP contribution in [0, 0.1) is 5.41 Å². The molecule has 0 saturated heterocycles. The van der Waals surface area contributed by atoms with E-state index in [0.717, 1.165) is 19.3 Å². The van der Waals surface area contributed by atoms with E-state index in [-0.39, 0.29) is 17.6 Å². The Bertz CT molecular complexity index is 302. The molecule has 0 radical (unpaired) electrons. The van der Waals surface area contributed by atoms with Crippen molar-refractivity contribution in [1.82, 2.24) is 5.01 Å². The van der Waals surface area contributed by atoms with Crippen LogP contribution in [0.15, 0.2) is 0 Å². The molecule has 16 heavy (non-hydrogen) atoms. The predicted molar refractivity (Wildman–Crippen MR) is 58.4 cm³/mol. The number of hydrazine groups is 1. The zero-order valence-electron chi connectivity index (χ0n) is 10.1. The molecule has 3 fully saturated rings. The van der Waals surface area contributed by atoms with Crippen molar-refractivity contribution in [2.75, 3.05) is 6.61 Å². The summed E-state index contributed by atoms with van der Waals surface area (Å²) in [6.07, 6.45) is 1.92. The highest BCUT2D eigenvalue weighted by Crippen LogP contribution is 2.68. The Morgan fingerprint density at radius 2 is 1.94 bits per heavy atom. The van der Waals surface area contributed by atoms with Gasteiger partial charge in [-0.25, -0.2) is 15.6 Å². The maximum Gasteiger partial charge on any atom is 0.425 e. The smallest absolute Gasteiger partial charge is 0.425 e. The molecular weight excluding hydrogens is 208 g/mol. The molecule has 0 aromatic rings. The maximum atomic E-state index is 11.7. The van der Waals surface area contributed by atoms with E-state index in [4.69, 9.17) is 15.7 Å². The molecule has 3 aliphatic rings. The molecule has 0 aromatic carbocycles. The molecule has 92 valence electrons. The van der Waals surface area contributed by atoms with Crippen molar-refractivity contribution in [2.24, 2.45) is 11.3 Å². The Labute approximate surface area is 95.5 Å². The van der Waals surface area contributed by atoms with Crippen molar-refractivity contribution in [3.63, 3.8) is 0 Å². The number of rotatable bonds is 2. The first-order valence-corrected chi connectivity index (χ1v) is 5.61. The molecule has 3 aliphatic carbocycles. The van der Waals surface area contributed by atoms with Crippen molar-refractivity contribution >= 4 is 6.09 Å². The third kappa shape index (κ3) is 1.58. The molecule has 3 N–H and O–H groups in total. The third-order valence-electron chi connectivity index (χ3n) is 3.55. The van der Waals surface area contributed by atoms with Gasteiger partial charge in [-0.05, 0) is 40.0 Å². The number of nitrogens with two attached hydrogens (primary N) is 1. The standard InChI is InChI=1S/C11H20N2O3/c1-9(2,3)16-8(15)13(12)11-4-10(5-11,6-11)7-14/h14H,4-7,12H2,1-3H3. The first-order chi connectivity index (χ1) is 7.22. The second-order valence-electron chi connectivity index (χ2n) is 6.26. The summed E-state index contributed by atoms with van der Waals surface area (Å²) in [6.45, 7) is 5.64. The van der Waals surface area contributed by atoms with E-state index in [1.54, 1.807) is 0 Å². The van der Waals surface area contributed by atoms with Crippen LogP contribution in [0.4, 0.5) is 4.79 Å². The van der Waals surface area contributed by atoms with Crippen LogP contribution < -0.4 is 5.84 Å². The number of amides is 1. The summed E-state index contributed by atoms with van der Waals surface area (Å²) in [6, 6.07) is 0. The largest absolute Gasteiger partial charge is 0.443 e. The van der Waals surface area contributed by atoms with Gasteiger partial charge in [-0.15, -0.1) is 0 Å². The van der Waals surface area contributed by atoms with E-state index in [1.807, 2.05) is 20.8 Å². The van der Waals surface area contributed by atoms with Crippen LogP contribution in [0.5, 0.6) is 0 Å². The van der Waals surface area contributed by atoms with Crippen molar-refractivity contribution < 1.29 is 14.6 Å². The van der Waals surface area contributed by atoms with E-state index in [9.17, 15) is 4.79 Å². The van der Waals surface area contributed by atoms with Gasteiger partial charge in [-0.1, -0.05) is 0 Å². The second kappa shape index (κ2) is 3.11. The van der Waals surface area contributed by atoms with Crippen molar-refractivity contribution in [2.45, 2.75) is 51.2 Å². The maximum absolute atomic E-state index is 11.7. The summed E-state index contributed by atoms with van der Waals surface area (Å²) in [5, 5.41) is 10.3. The normalized spacial score (nSPS) is 36.1. The summed E-state index contributed by atoms with van der Waals surface area (Å²) in [5.41, 5.74) is -0.725. The van der Waals surface area contributed by atoms with Gasteiger partial charge in [0.1, 0.15) is 5.60 Å². The Morgan fingerprint density at radius 3 is 2.31 bits per heavy atom. The molecule has 2 bridgehead atoms. The summed E-state index contributed by atoms with van der Waals surface area (Å²) in [4.78, 5) is 11.7. The Balaban J connectivity index is 1.91. The lowest BCUT2D eigenvalue weighted by atomic mass is 9.39. The highest BCUT2D eigenvalue weighted by atomic mass is 16.6. The van der Waals surface area contributed by atoms with E-state index in [1.165, 1.54) is 5.01 Å². The quantitative estimate of drug-likeness (QED) is 0.420. The molecule has 0 atom stereocenters. The molecule has 3 saturated carbocycles. The molecule has 0 aromatic heterocycles. The van der Waals surface area contributed by atoms with Gasteiger partial charge >= 0.3 is 6.09 Å². The number of carbonyl (C=O) groups excluding carboxylic acids is 1. The summed E-state index contributed by atoms with van der Waals surface area (Å²) < 4.78 is 5.21. The lowest BCUT2D eigenvalue weighted by Crippen LogP contribution is -2.78. The molecular formula is C11H20N2O3. The number of aliphatic hydroxyl groups is 1. The second-order valence-corrected chi connectivity index (χ2v) is 6.26. The monoisotopic (exact) mass is 228 g/mol. The van der Waals surface area contributed by atoms with Crippen LogP contribution in [0.2, 0.25) is 0 Å². The molecule has 5 nitrogen and oxygen atoms in total. The van der Waals surface area contributed by atoms with E-state index in [0.29, 0.717) is 0 Å². The van der Waals surface area contributed by atoms with Gasteiger partial charge in [0.15, 0.2) is 0 Å². The van der Waals surface area contributed by atoms with Gasteiger partial charge in [0.05, 0.1) is 5.54 Å². The van der Waals surface area contributed by atoms with Crippen LogP contribution in [-0.4, -0.2) is 34.0 Å². The first-order valence-electron chi connectivity index (χ1n) is 5.61. The molecule has 3 rings (SSSR count). The zero-order valence-corrected chi connectivity index (χ0v) is 10.1. The zero-order chi connectivity index (χ0) is 12.2. The topological polar surface area (TPSA) is 75.8 Å². The number of hydrogen-bond donors (Lipinski definition) is 2. The number of aliphatic hydroxyl groups excluding tert-OH is 1. The Hall–Kier alpha value is -0.810. The van der Waals surface area contributed by atoms with Gasteiger partial charge in [-0.3, -0.25) is 0 Å². The third-order valence-corrected chi connectivity index (χ3v) is 3.55. The molecule has 1 amide bonds. The van der Waals surface area contributed by atoms with E-state index < -0.39 is 11.7 Å². The summed E-state index contributed by atoms with van der Waals surface area (Å²) in [7, 11) is 0. The minimum absolute atomic E-state index is 0.0413. The lowest BCUT2D eigenvalue weighted by molar-refractivity contribution is -0.228.